The zero-order valence-electron chi connectivity index (χ0n) is 23.8. The Hall–Kier alpha value is -2.42. The van der Waals surface area contributed by atoms with Crippen molar-refractivity contribution in [1.82, 2.24) is 15.5 Å². The first-order valence-electron chi connectivity index (χ1n) is 13.1. The molecule has 210 valence electrons. The average molecular weight is 538 g/mol. The molecule has 0 aliphatic rings. The lowest BCUT2D eigenvalue weighted by Gasteiger charge is -2.36. The Morgan fingerprint density at radius 1 is 1.03 bits per heavy atom. The molecule has 1 aromatic rings. The summed E-state index contributed by atoms with van der Waals surface area (Å²) in [5.41, 5.74) is -0.640. The largest absolute Gasteiger partial charge is 0.508 e. The second kappa shape index (κ2) is 15.1. The molecule has 37 heavy (non-hydrogen) atoms. The maximum absolute atomic E-state index is 14.1. The molecule has 0 spiro atoms. The van der Waals surface area contributed by atoms with Crippen LogP contribution in [0, 0.1) is 0 Å². The van der Waals surface area contributed by atoms with E-state index < -0.39 is 29.3 Å². The highest BCUT2D eigenvalue weighted by molar-refractivity contribution is 7.98. The van der Waals surface area contributed by atoms with E-state index in [1.807, 2.05) is 27.0 Å². The van der Waals surface area contributed by atoms with Crippen LogP contribution in [0.3, 0.4) is 0 Å². The standard InChI is InChI=1S/C28H47N3O5S/c1-9-10-11-12-18-31(25(34)22(17-19-37-8)29-26(35)36-28(5,6)7)23(24(33)30-27(2,3)4)20-13-15-21(32)16-14-20/h13-16,22-23,32H,9-12,17-19H2,1-8H3,(H,29,35)(H,30,33). The highest BCUT2D eigenvalue weighted by atomic mass is 32.2. The van der Waals surface area contributed by atoms with E-state index in [9.17, 15) is 19.5 Å². The molecule has 3 N–H and O–H groups in total. The normalized spacial score (nSPS) is 13.4. The SMILES string of the molecule is CCCCCCN(C(=O)C(CCSC)NC(=O)OC(C)(C)C)C(C(=O)NC(C)(C)C)c1ccc(O)cc1. The van der Waals surface area contributed by atoms with E-state index >= 15 is 0 Å². The molecule has 9 heteroatoms. The van der Waals surface area contributed by atoms with Gasteiger partial charge in [-0.1, -0.05) is 38.3 Å². The molecule has 0 aromatic heterocycles. The van der Waals surface area contributed by atoms with Crippen LogP contribution < -0.4 is 10.6 Å². The van der Waals surface area contributed by atoms with Crippen molar-refractivity contribution in [3.8, 4) is 5.75 Å². The number of unbranched alkanes of at least 4 members (excludes halogenated alkanes) is 3. The maximum atomic E-state index is 14.1. The van der Waals surface area contributed by atoms with Gasteiger partial charge < -0.3 is 25.4 Å². The summed E-state index contributed by atoms with van der Waals surface area (Å²) in [6, 6.07) is 4.56. The van der Waals surface area contributed by atoms with E-state index in [0.717, 1.165) is 25.7 Å². The van der Waals surface area contributed by atoms with Crippen LogP contribution in [-0.4, -0.2) is 63.6 Å². The fourth-order valence-corrected chi connectivity index (χ4v) is 4.26. The number of alkyl carbamates (subject to hydrolysis) is 1. The van der Waals surface area contributed by atoms with Gasteiger partial charge in [0, 0.05) is 12.1 Å². The zero-order chi connectivity index (χ0) is 28.2. The van der Waals surface area contributed by atoms with Crippen LogP contribution in [0.5, 0.6) is 5.75 Å². The number of benzene rings is 1. The van der Waals surface area contributed by atoms with Crippen molar-refractivity contribution in [2.45, 2.75) is 104 Å². The molecule has 0 aliphatic carbocycles. The van der Waals surface area contributed by atoms with Crippen LogP contribution >= 0.6 is 11.8 Å². The van der Waals surface area contributed by atoms with Gasteiger partial charge in [0.05, 0.1) is 0 Å². The molecule has 0 radical (unpaired) electrons. The molecule has 0 saturated carbocycles. The third-order valence-electron chi connectivity index (χ3n) is 5.40. The molecule has 3 amide bonds. The lowest BCUT2D eigenvalue weighted by atomic mass is 9.99. The number of hydrogen-bond acceptors (Lipinski definition) is 6. The van der Waals surface area contributed by atoms with Crippen LogP contribution in [0.15, 0.2) is 24.3 Å². The molecular formula is C28H47N3O5S. The van der Waals surface area contributed by atoms with Gasteiger partial charge in [0.25, 0.3) is 0 Å². The van der Waals surface area contributed by atoms with Crippen LogP contribution in [-0.2, 0) is 14.3 Å². The summed E-state index contributed by atoms with van der Waals surface area (Å²) >= 11 is 1.57. The zero-order valence-corrected chi connectivity index (χ0v) is 24.7. The number of phenolic OH excluding ortho intramolecular Hbond substituents is 1. The fraction of sp³-hybridized carbons (Fsp3) is 0.679. The van der Waals surface area contributed by atoms with Crippen molar-refractivity contribution in [2.24, 2.45) is 0 Å². The molecule has 2 atom stereocenters. The molecule has 1 rings (SSSR count). The molecule has 8 nitrogen and oxygen atoms in total. The van der Waals surface area contributed by atoms with Crippen LogP contribution in [0.4, 0.5) is 4.79 Å². The van der Waals surface area contributed by atoms with Crippen molar-refractivity contribution in [3.63, 3.8) is 0 Å². The predicted octanol–water partition coefficient (Wildman–Crippen LogP) is 5.40. The van der Waals surface area contributed by atoms with Gasteiger partial charge in [0.15, 0.2) is 0 Å². The third-order valence-corrected chi connectivity index (χ3v) is 6.05. The summed E-state index contributed by atoms with van der Waals surface area (Å²) in [7, 11) is 0. The Labute approximate surface area is 227 Å². The second-order valence-corrected chi connectivity index (χ2v) is 12.3. The summed E-state index contributed by atoms with van der Waals surface area (Å²) in [6.07, 6.45) is 5.36. The van der Waals surface area contributed by atoms with Crippen LogP contribution in [0.1, 0.15) is 92.2 Å². The molecule has 2 unspecified atom stereocenters. The number of thioether (sulfide) groups is 1. The Morgan fingerprint density at radius 2 is 1.65 bits per heavy atom. The number of carbonyl (C=O) groups excluding carboxylic acids is 3. The van der Waals surface area contributed by atoms with E-state index in [1.165, 1.54) is 12.1 Å². The van der Waals surface area contributed by atoms with Gasteiger partial charge in [-0.15, -0.1) is 0 Å². The average Bonchev–Trinajstić information content (AvgIpc) is 2.76. The van der Waals surface area contributed by atoms with Crippen LogP contribution in [0.25, 0.3) is 0 Å². The number of carbonyl (C=O) groups is 3. The fourth-order valence-electron chi connectivity index (χ4n) is 3.79. The van der Waals surface area contributed by atoms with Crippen molar-refractivity contribution in [1.29, 1.82) is 0 Å². The highest BCUT2D eigenvalue weighted by Crippen LogP contribution is 2.26. The number of aromatic hydroxyl groups is 1. The topological polar surface area (TPSA) is 108 Å². The Kier molecular flexibility index (Phi) is 13.3. The van der Waals surface area contributed by atoms with E-state index in [1.54, 1.807) is 49.6 Å². The van der Waals surface area contributed by atoms with Crippen LogP contribution in [0.2, 0.25) is 0 Å². The number of nitrogens with one attached hydrogen (secondary N) is 2. The van der Waals surface area contributed by atoms with Gasteiger partial charge in [-0.25, -0.2) is 4.79 Å². The summed E-state index contributed by atoms with van der Waals surface area (Å²) in [4.78, 5) is 41.9. The molecule has 0 heterocycles. The summed E-state index contributed by atoms with van der Waals surface area (Å²) in [5.74, 6) is 0.0685. The van der Waals surface area contributed by atoms with E-state index in [0.29, 0.717) is 24.3 Å². The number of ether oxygens (including phenoxy) is 1. The molecule has 0 bridgehead atoms. The van der Waals surface area contributed by atoms with E-state index in [-0.39, 0.29) is 17.6 Å². The Bertz CT molecular complexity index is 862. The molecule has 0 aliphatic heterocycles. The lowest BCUT2D eigenvalue weighted by Crippen LogP contribution is -2.55. The predicted molar refractivity (Wildman–Crippen MR) is 151 cm³/mol. The third kappa shape index (κ3) is 12.6. The number of phenols is 1. The van der Waals surface area contributed by atoms with Crippen molar-refractivity contribution in [3.05, 3.63) is 29.8 Å². The minimum absolute atomic E-state index is 0.0731. The van der Waals surface area contributed by atoms with Gasteiger partial charge in [0.2, 0.25) is 11.8 Å². The summed E-state index contributed by atoms with van der Waals surface area (Å²) < 4.78 is 5.43. The molecular weight excluding hydrogens is 490 g/mol. The number of rotatable bonds is 13. The first-order chi connectivity index (χ1) is 17.2. The van der Waals surface area contributed by atoms with Gasteiger partial charge in [-0.05, 0) is 84.1 Å². The van der Waals surface area contributed by atoms with Gasteiger partial charge in [0.1, 0.15) is 23.4 Å². The quantitative estimate of drug-likeness (QED) is 0.291. The summed E-state index contributed by atoms with van der Waals surface area (Å²) in [5, 5.41) is 15.6. The molecule has 0 saturated heterocycles. The Morgan fingerprint density at radius 3 is 2.16 bits per heavy atom. The number of hydrogen-bond donors (Lipinski definition) is 3. The number of nitrogens with zero attached hydrogens (tertiary/aromatic N) is 1. The van der Waals surface area contributed by atoms with Gasteiger partial charge >= 0.3 is 6.09 Å². The summed E-state index contributed by atoms with van der Waals surface area (Å²) in [6.45, 7) is 13.4. The molecule has 1 aromatic carbocycles. The lowest BCUT2D eigenvalue weighted by molar-refractivity contribution is -0.143. The van der Waals surface area contributed by atoms with Crippen molar-refractivity contribution < 1.29 is 24.2 Å². The Balaban J connectivity index is 3.47. The minimum atomic E-state index is -0.925. The first-order valence-corrected chi connectivity index (χ1v) is 14.5. The highest BCUT2D eigenvalue weighted by Gasteiger charge is 2.37. The smallest absolute Gasteiger partial charge is 0.408 e. The van der Waals surface area contributed by atoms with Gasteiger partial charge in [-0.2, -0.15) is 11.8 Å². The second-order valence-electron chi connectivity index (χ2n) is 11.3. The maximum Gasteiger partial charge on any atom is 0.408 e. The van der Waals surface area contributed by atoms with Crippen molar-refractivity contribution in [2.75, 3.05) is 18.6 Å². The number of amides is 3. The first kappa shape index (κ1) is 32.6. The van der Waals surface area contributed by atoms with E-state index in [4.69, 9.17) is 4.74 Å². The van der Waals surface area contributed by atoms with Crippen molar-refractivity contribution >= 4 is 29.7 Å². The minimum Gasteiger partial charge on any atom is -0.508 e. The van der Waals surface area contributed by atoms with Gasteiger partial charge in [-0.3, -0.25) is 9.59 Å². The molecule has 0 fully saturated rings. The monoisotopic (exact) mass is 537 g/mol. The van der Waals surface area contributed by atoms with E-state index in [2.05, 4.69) is 17.6 Å².